The van der Waals surface area contributed by atoms with Gasteiger partial charge in [-0.3, -0.25) is 4.98 Å². The lowest BCUT2D eigenvalue weighted by molar-refractivity contribution is 0.252. The molecule has 158 valence electrons. The molecule has 0 aliphatic heterocycles. The van der Waals surface area contributed by atoms with Crippen molar-refractivity contribution in [3.05, 3.63) is 48.2 Å². The Balaban J connectivity index is 1.44. The van der Waals surface area contributed by atoms with Crippen LogP contribution in [0, 0.1) is 11.8 Å². The number of pyridine rings is 1. The van der Waals surface area contributed by atoms with Gasteiger partial charge >= 0.3 is 0 Å². The molecule has 2 aromatic rings. The van der Waals surface area contributed by atoms with Gasteiger partial charge in [0.15, 0.2) is 0 Å². The van der Waals surface area contributed by atoms with Crippen LogP contribution in [-0.4, -0.2) is 11.6 Å². The van der Waals surface area contributed by atoms with Gasteiger partial charge in [0.25, 0.3) is 0 Å². The fraction of sp³-hybridized carbons (Fsp3) is 0.593. The van der Waals surface area contributed by atoms with Crippen molar-refractivity contribution in [1.82, 2.24) is 4.98 Å². The third-order valence-corrected chi connectivity index (χ3v) is 6.50. The molecule has 1 aromatic heterocycles. The first-order valence-corrected chi connectivity index (χ1v) is 12.0. The summed E-state index contributed by atoms with van der Waals surface area (Å²) in [5.41, 5.74) is 3.58. The molecule has 2 nitrogen and oxygen atoms in total. The highest BCUT2D eigenvalue weighted by molar-refractivity contribution is 5.60. The van der Waals surface area contributed by atoms with E-state index in [2.05, 4.69) is 56.4 Å². The van der Waals surface area contributed by atoms with Crippen molar-refractivity contribution < 1.29 is 4.74 Å². The van der Waals surface area contributed by atoms with Gasteiger partial charge in [-0.05, 0) is 67.0 Å². The van der Waals surface area contributed by atoms with Crippen LogP contribution in [0.1, 0.15) is 83.6 Å². The van der Waals surface area contributed by atoms with Crippen LogP contribution in [0.25, 0.3) is 11.3 Å². The van der Waals surface area contributed by atoms with Crippen LogP contribution in [0.15, 0.2) is 42.6 Å². The number of nitrogens with zero attached hydrogens (tertiary/aromatic N) is 1. The van der Waals surface area contributed by atoms with E-state index < -0.39 is 0 Å². The van der Waals surface area contributed by atoms with Gasteiger partial charge in [-0.1, -0.05) is 71.3 Å². The van der Waals surface area contributed by atoms with Crippen molar-refractivity contribution in [2.45, 2.75) is 84.5 Å². The highest BCUT2D eigenvalue weighted by Gasteiger charge is 2.20. The predicted molar refractivity (Wildman–Crippen MR) is 123 cm³/mol. The fourth-order valence-electron chi connectivity index (χ4n) is 4.60. The maximum absolute atomic E-state index is 5.81. The standard InChI is InChI=1S/C27H39NO/c1-3-5-6-20-29-26-17-15-25(16-18-26)27-19-14-24(21-28-27)13-12-23-10-8-22(7-4-2)9-11-23/h14-19,21-23H,3-13,20H2,1-2H3. The summed E-state index contributed by atoms with van der Waals surface area (Å²) in [6.07, 6.45) is 16.7. The Morgan fingerprint density at radius 1 is 0.828 bits per heavy atom. The quantitative estimate of drug-likeness (QED) is 0.362. The molecule has 0 spiro atoms. The second-order valence-corrected chi connectivity index (χ2v) is 8.85. The maximum atomic E-state index is 5.81. The van der Waals surface area contributed by atoms with Gasteiger partial charge in [0.2, 0.25) is 0 Å². The molecule has 0 atom stereocenters. The van der Waals surface area contributed by atoms with Crippen molar-refractivity contribution in [2.75, 3.05) is 6.61 Å². The molecule has 0 radical (unpaired) electrons. The Labute approximate surface area is 178 Å². The lowest BCUT2D eigenvalue weighted by Crippen LogP contribution is -2.15. The number of aromatic nitrogens is 1. The molecule has 0 amide bonds. The van der Waals surface area contributed by atoms with E-state index in [1.807, 2.05) is 0 Å². The highest BCUT2D eigenvalue weighted by atomic mass is 16.5. The molecular weight excluding hydrogens is 354 g/mol. The molecule has 0 bridgehead atoms. The zero-order valence-electron chi connectivity index (χ0n) is 18.5. The monoisotopic (exact) mass is 393 g/mol. The number of benzene rings is 1. The molecule has 0 saturated heterocycles. The second kappa shape index (κ2) is 12.0. The van der Waals surface area contributed by atoms with Gasteiger partial charge in [-0.2, -0.15) is 0 Å². The van der Waals surface area contributed by atoms with Crippen LogP contribution in [-0.2, 0) is 6.42 Å². The Bertz CT molecular complexity index is 683. The summed E-state index contributed by atoms with van der Waals surface area (Å²) in [4.78, 5) is 4.72. The maximum Gasteiger partial charge on any atom is 0.119 e. The van der Waals surface area contributed by atoms with Crippen molar-refractivity contribution in [2.24, 2.45) is 11.8 Å². The number of unbranched alkanes of at least 4 members (excludes halogenated alkanes) is 2. The van der Waals surface area contributed by atoms with E-state index in [-0.39, 0.29) is 0 Å². The molecule has 3 rings (SSSR count). The van der Waals surface area contributed by atoms with Crippen LogP contribution in [0.3, 0.4) is 0 Å². The minimum Gasteiger partial charge on any atom is -0.494 e. The number of rotatable bonds is 11. The molecule has 1 aliphatic carbocycles. The normalized spacial score (nSPS) is 19.2. The van der Waals surface area contributed by atoms with E-state index in [1.54, 1.807) is 0 Å². The van der Waals surface area contributed by atoms with Gasteiger partial charge in [-0.25, -0.2) is 0 Å². The first-order valence-electron chi connectivity index (χ1n) is 12.0. The topological polar surface area (TPSA) is 22.1 Å². The summed E-state index contributed by atoms with van der Waals surface area (Å²) in [5, 5.41) is 0. The van der Waals surface area contributed by atoms with Crippen LogP contribution >= 0.6 is 0 Å². The molecule has 1 aromatic carbocycles. The van der Waals surface area contributed by atoms with Gasteiger partial charge in [0.05, 0.1) is 12.3 Å². The van der Waals surface area contributed by atoms with Gasteiger partial charge < -0.3 is 4.74 Å². The molecule has 0 unspecified atom stereocenters. The summed E-state index contributed by atoms with van der Waals surface area (Å²) >= 11 is 0. The summed E-state index contributed by atoms with van der Waals surface area (Å²) < 4.78 is 5.81. The third kappa shape index (κ3) is 7.17. The molecule has 1 aliphatic rings. The largest absolute Gasteiger partial charge is 0.494 e. The number of aryl methyl sites for hydroxylation is 1. The molecule has 1 heterocycles. The van der Waals surface area contributed by atoms with Crippen molar-refractivity contribution >= 4 is 0 Å². The van der Waals surface area contributed by atoms with E-state index in [4.69, 9.17) is 9.72 Å². The highest BCUT2D eigenvalue weighted by Crippen LogP contribution is 2.33. The fourth-order valence-corrected chi connectivity index (χ4v) is 4.60. The van der Waals surface area contributed by atoms with E-state index in [9.17, 15) is 0 Å². The smallest absolute Gasteiger partial charge is 0.119 e. The van der Waals surface area contributed by atoms with Crippen LogP contribution in [0.2, 0.25) is 0 Å². The molecule has 2 heteroatoms. The number of hydrogen-bond donors (Lipinski definition) is 0. The molecule has 1 fully saturated rings. The molecule has 29 heavy (non-hydrogen) atoms. The van der Waals surface area contributed by atoms with Crippen molar-refractivity contribution in [1.29, 1.82) is 0 Å². The SMILES string of the molecule is CCCCCOc1ccc(-c2ccc(CCC3CCC(CCC)CC3)cn2)cc1. The third-order valence-electron chi connectivity index (χ3n) is 6.50. The Hall–Kier alpha value is -1.83. The average Bonchev–Trinajstić information content (AvgIpc) is 2.77. The first-order chi connectivity index (χ1) is 14.3. The predicted octanol–water partition coefficient (Wildman–Crippen LogP) is 7.86. The van der Waals surface area contributed by atoms with Gasteiger partial charge in [0.1, 0.15) is 5.75 Å². The second-order valence-electron chi connectivity index (χ2n) is 8.85. The van der Waals surface area contributed by atoms with E-state index in [0.717, 1.165) is 41.9 Å². The summed E-state index contributed by atoms with van der Waals surface area (Å²) in [6, 6.07) is 12.8. The van der Waals surface area contributed by atoms with Crippen LogP contribution < -0.4 is 4.74 Å². The minimum absolute atomic E-state index is 0.806. The van der Waals surface area contributed by atoms with Gasteiger partial charge in [-0.15, -0.1) is 0 Å². The molecular formula is C27H39NO. The van der Waals surface area contributed by atoms with Gasteiger partial charge in [0, 0.05) is 11.8 Å². The summed E-state index contributed by atoms with van der Waals surface area (Å²) in [5.74, 6) is 2.88. The van der Waals surface area contributed by atoms with E-state index >= 15 is 0 Å². The molecule has 0 N–H and O–H groups in total. The Morgan fingerprint density at radius 3 is 2.17 bits per heavy atom. The summed E-state index contributed by atoms with van der Waals surface area (Å²) in [6.45, 7) is 5.34. The number of hydrogen-bond acceptors (Lipinski definition) is 2. The zero-order valence-corrected chi connectivity index (χ0v) is 18.5. The lowest BCUT2D eigenvalue weighted by atomic mass is 9.78. The van der Waals surface area contributed by atoms with Crippen LogP contribution in [0.4, 0.5) is 0 Å². The molecule has 1 saturated carbocycles. The van der Waals surface area contributed by atoms with Crippen molar-refractivity contribution in [3.8, 4) is 17.0 Å². The average molecular weight is 394 g/mol. The van der Waals surface area contributed by atoms with Crippen LogP contribution in [0.5, 0.6) is 5.75 Å². The Kier molecular flexibility index (Phi) is 9.05. The van der Waals surface area contributed by atoms with Crippen molar-refractivity contribution in [3.63, 3.8) is 0 Å². The summed E-state index contributed by atoms with van der Waals surface area (Å²) in [7, 11) is 0. The number of ether oxygens (including phenoxy) is 1. The van der Waals surface area contributed by atoms with E-state index in [1.165, 1.54) is 69.8 Å². The first kappa shape index (κ1) is 21.9. The van der Waals surface area contributed by atoms with E-state index in [0.29, 0.717) is 0 Å². The minimum atomic E-state index is 0.806. The zero-order chi connectivity index (χ0) is 20.3. The lowest BCUT2D eigenvalue weighted by Gasteiger charge is -2.28. The Morgan fingerprint density at radius 2 is 1.55 bits per heavy atom.